The number of ether oxygens (including phenoxy) is 1. The normalized spacial score (nSPS) is 28.0. The molecule has 1 aromatic heterocycles. The summed E-state index contributed by atoms with van der Waals surface area (Å²) in [6.07, 6.45) is 2.87. The molecule has 1 amide bonds. The number of amides is 1. The largest absolute Gasteiger partial charge is 0.371 e. The van der Waals surface area contributed by atoms with E-state index in [9.17, 15) is 4.79 Å². The standard InChI is InChI=1S/C17H25N3O2/c1-12(2)8-19-17(21)15-7-14-10-20(11-16(15)22-14)9-13-5-3-4-6-18-13/h3-6,12,14-16H,7-11H2,1-2H3,(H,19,21)/t14-,15-,16+/m0/s1. The van der Waals surface area contributed by atoms with E-state index >= 15 is 0 Å². The molecule has 0 aromatic carbocycles. The highest BCUT2D eigenvalue weighted by atomic mass is 16.5. The number of hydrogen-bond acceptors (Lipinski definition) is 4. The Morgan fingerprint density at radius 3 is 3.05 bits per heavy atom. The highest BCUT2D eigenvalue weighted by molar-refractivity contribution is 5.79. The van der Waals surface area contributed by atoms with Crippen molar-refractivity contribution < 1.29 is 9.53 Å². The van der Waals surface area contributed by atoms with Crippen molar-refractivity contribution in [2.45, 2.75) is 39.0 Å². The van der Waals surface area contributed by atoms with Crippen molar-refractivity contribution in [2.24, 2.45) is 11.8 Å². The third-order valence-electron chi connectivity index (χ3n) is 4.37. The third-order valence-corrected chi connectivity index (χ3v) is 4.37. The zero-order valence-corrected chi connectivity index (χ0v) is 13.4. The number of rotatable bonds is 5. The van der Waals surface area contributed by atoms with E-state index in [2.05, 4.69) is 29.0 Å². The zero-order valence-electron chi connectivity index (χ0n) is 13.4. The first-order valence-electron chi connectivity index (χ1n) is 8.17. The summed E-state index contributed by atoms with van der Waals surface area (Å²) < 4.78 is 5.98. The Labute approximate surface area is 132 Å². The minimum Gasteiger partial charge on any atom is -0.371 e. The van der Waals surface area contributed by atoms with Gasteiger partial charge in [0.25, 0.3) is 0 Å². The van der Waals surface area contributed by atoms with Gasteiger partial charge in [-0.1, -0.05) is 19.9 Å². The van der Waals surface area contributed by atoms with Gasteiger partial charge in [-0.15, -0.1) is 0 Å². The summed E-state index contributed by atoms with van der Waals surface area (Å²) >= 11 is 0. The van der Waals surface area contributed by atoms with Crippen LogP contribution in [0.4, 0.5) is 0 Å². The predicted octanol–water partition coefficient (Wildman–Crippen LogP) is 1.44. The fourth-order valence-electron chi connectivity index (χ4n) is 3.30. The monoisotopic (exact) mass is 303 g/mol. The van der Waals surface area contributed by atoms with Gasteiger partial charge in [0, 0.05) is 32.4 Å². The van der Waals surface area contributed by atoms with E-state index in [0.717, 1.165) is 38.3 Å². The van der Waals surface area contributed by atoms with Crippen LogP contribution in [0.2, 0.25) is 0 Å². The summed E-state index contributed by atoms with van der Waals surface area (Å²) in [7, 11) is 0. The fourth-order valence-corrected chi connectivity index (χ4v) is 3.30. The molecule has 120 valence electrons. The molecule has 5 nitrogen and oxygen atoms in total. The number of aromatic nitrogens is 1. The smallest absolute Gasteiger partial charge is 0.225 e. The minimum absolute atomic E-state index is 0.00233. The van der Waals surface area contributed by atoms with E-state index in [-0.39, 0.29) is 24.0 Å². The lowest BCUT2D eigenvalue weighted by Crippen LogP contribution is -2.45. The van der Waals surface area contributed by atoms with Crippen molar-refractivity contribution in [3.05, 3.63) is 30.1 Å². The highest BCUT2D eigenvalue weighted by Gasteiger charge is 2.44. The molecule has 2 saturated heterocycles. The molecule has 2 fully saturated rings. The van der Waals surface area contributed by atoms with Gasteiger partial charge >= 0.3 is 0 Å². The van der Waals surface area contributed by atoms with Crippen LogP contribution in [0, 0.1) is 11.8 Å². The molecular weight excluding hydrogens is 278 g/mol. The Morgan fingerprint density at radius 2 is 2.32 bits per heavy atom. The van der Waals surface area contributed by atoms with Gasteiger partial charge in [-0.05, 0) is 24.5 Å². The third kappa shape index (κ3) is 3.65. The molecule has 0 saturated carbocycles. The van der Waals surface area contributed by atoms with Crippen LogP contribution < -0.4 is 5.32 Å². The summed E-state index contributed by atoms with van der Waals surface area (Å²) in [5.41, 5.74) is 1.07. The highest BCUT2D eigenvalue weighted by Crippen LogP contribution is 2.32. The summed E-state index contributed by atoms with van der Waals surface area (Å²) in [4.78, 5) is 19.1. The van der Waals surface area contributed by atoms with E-state index in [4.69, 9.17) is 4.74 Å². The van der Waals surface area contributed by atoms with E-state index < -0.39 is 0 Å². The van der Waals surface area contributed by atoms with Crippen LogP contribution in [0.15, 0.2) is 24.4 Å². The maximum absolute atomic E-state index is 12.3. The van der Waals surface area contributed by atoms with Crippen molar-refractivity contribution >= 4 is 5.91 Å². The number of hydrogen-bond donors (Lipinski definition) is 1. The number of fused-ring (bicyclic) bond motifs is 2. The number of carbonyl (C=O) groups excluding carboxylic acids is 1. The Hall–Kier alpha value is -1.46. The summed E-state index contributed by atoms with van der Waals surface area (Å²) in [5, 5.41) is 3.05. The second kappa shape index (κ2) is 6.75. The first kappa shape index (κ1) is 15.4. The molecule has 1 aromatic rings. The molecule has 2 aliphatic heterocycles. The van der Waals surface area contributed by atoms with Crippen LogP contribution in [0.25, 0.3) is 0 Å². The van der Waals surface area contributed by atoms with Gasteiger partial charge in [-0.25, -0.2) is 0 Å². The average Bonchev–Trinajstić information content (AvgIpc) is 2.80. The van der Waals surface area contributed by atoms with Gasteiger partial charge < -0.3 is 10.1 Å². The summed E-state index contributed by atoms with van der Waals surface area (Å²) in [6, 6.07) is 5.99. The fraction of sp³-hybridized carbons (Fsp3) is 0.647. The van der Waals surface area contributed by atoms with Crippen molar-refractivity contribution in [3.8, 4) is 0 Å². The van der Waals surface area contributed by atoms with Crippen molar-refractivity contribution in [3.63, 3.8) is 0 Å². The van der Waals surface area contributed by atoms with Gasteiger partial charge in [0.05, 0.1) is 23.8 Å². The van der Waals surface area contributed by atoms with Crippen LogP contribution in [-0.4, -0.2) is 47.6 Å². The molecule has 3 atom stereocenters. The lowest BCUT2D eigenvalue weighted by Gasteiger charge is -2.32. The van der Waals surface area contributed by atoms with Crippen LogP contribution in [0.1, 0.15) is 26.0 Å². The number of nitrogens with one attached hydrogen (secondary N) is 1. The Morgan fingerprint density at radius 1 is 1.45 bits per heavy atom. The summed E-state index contributed by atoms with van der Waals surface area (Å²) in [5.74, 6) is 0.629. The Balaban J connectivity index is 1.56. The molecule has 2 bridgehead atoms. The number of nitrogens with zero attached hydrogens (tertiary/aromatic N) is 2. The topological polar surface area (TPSA) is 54.5 Å². The maximum atomic E-state index is 12.3. The van der Waals surface area contributed by atoms with E-state index in [0.29, 0.717) is 5.92 Å². The molecule has 22 heavy (non-hydrogen) atoms. The second-order valence-corrected chi connectivity index (χ2v) is 6.79. The van der Waals surface area contributed by atoms with Crippen molar-refractivity contribution in [1.29, 1.82) is 0 Å². The predicted molar refractivity (Wildman–Crippen MR) is 84.1 cm³/mol. The Kier molecular flexibility index (Phi) is 4.74. The van der Waals surface area contributed by atoms with Gasteiger partial charge in [0.15, 0.2) is 0 Å². The number of morpholine rings is 1. The molecule has 2 aliphatic rings. The summed E-state index contributed by atoms with van der Waals surface area (Å²) in [6.45, 7) is 7.49. The average molecular weight is 303 g/mol. The lowest BCUT2D eigenvalue weighted by atomic mass is 9.99. The number of pyridine rings is 1. The molecule has 3 heterocycles. The van der Waals surface area contributed by atoms with Crippen molar-refractivity contribution in [1.82, 2.24) is 15.2 Å². The van der Waals surface area contributed by atoms with Crippen LogP contribution in [-0.2, 0) is 16.1 Å². The molecule has 0 spiro atoms. The van der Waals surface area contributed by atoms with Crippen LogP contribution in [0.5, 0.6) is 0 Å². The quantitative estimate of drug-likeness (QED) is 0.894. The molecule has 3 rings (SSSR count). The van der Waals surface area contributed by atoms with Gasteiger partial charge in [0.2, 0.25) is 5.91 Å². The molecule has 0 aliphatic carbocycles. The van der Waals surface area contributed by atoms with Gasteiger partial charge in [-0.3, -0.25) is 14.7 Å². The van der Waals surface area contributed by atoms with E-state index in [1.807, 2.05) is 24.4 Å². The molecule has 1 N–H and O–H groups in total. The maximum Gasteiger partial charge on any atom is 0.225 e. The van der Waals surface area contributed by atoms with Gasteiger partial charge in [0.1, 0.15) is 0 Å². The molecule has 0 unspecified atom stereocenters. The molecule has 5 heteroatoms. The Bertz CT molecular complexity index is 506. The van der Waals surface area contributed by atoms with Crippen molar-refractivity contribution in [2.75, 3.05) is 19.6 Å². The van der Waals surface area contributed by atoms with Crippen LogP contribution in [0.3, 0.4) is 0 Å². The van der Waals surface area contributed by atoms with Crippen LogP contribution >= 0.6 is 0 Å². The second-order valence-electron chi connectivity index (χ2n) is 6.79. The van der Waals surface area contributed by atoms with Gasteiger partial charge in [-0.2, -0.15) is 0 Å². The van der Waals surface area contributed by atoms with E-state index in [1.165, 1.54) is 0 Å². The molecule has 0 radical (unpaired) electrons. The minimum atomic E-state index is -0.00233. The van der Waals surface area contributed by atoms with E-state index in [1.54, 1.807) is 0 Å². The number of carbonyl (C=O) groups is 1. The zero-order chi connectivity index (χ0) is 15.5. The number of likely N-dealkylation sites (tertiary alicyclic amines) is 1. The molecular formula is C17H25N3O2. The first-order valence-corrected chi connectivity index (χ1v) is 8.17. The lowest BCUT2D eigenvalue weighted by molar-refractivity contribution is -0.128. The first-order chi connectivity index (χ1) is 10.6. The SMILES string of the molecule is CC(C)CNC(=O)[C@H]1C[C@H]2CN(Cc3ccccn3)C[C@H]1O2.